The first-order valence-electron chi connectivity index (χ1n) is 6.80. The summed E-state index contributed by atoms with van der Waals surface area (Å²) in [6, 6.07) is 12.0. The molecule has 2 N–H and O–H groups in total. The van der Waals surface area contributed by atoms with Crippen molar-refractivity contribution < 1.29 is 9.52 Å². The Morgan fingerprint density at radius 3 is 2.60 bits per heavy atom. The predicted octanol–water partition coefficient (Wildman–Crippen LogP) is 2.73. The minimum Gasteiger partial charge on any atom is -0.467 e. The van der Waals surface area contributed by atoms with Crippen LogP contribution in [0.3, 0.4) is 0 Å². The minimum absolute atomic E-state index is 0.151. The van der Waals surface area contributed by atoms with Crippen molar-refractivity contribution in [1.29, 1.82) is 0 Å². The van der Waals surface area contributed by atoms with Crippen molar-refractivity contribution in [1.82, 2.24) is 5.32 Å². The summed E-state index contributed by atoms with van der Waals surface area (Å²) >= 11 is 0. The molecular formula is C16H22N2O2. The van der Waals surface area contributed by atoms with Gasteiger partial charge in [0.25, 0.3) is 0 Å². The summed E-state index contributed by atoms with van der Waals surface area (Å²) < 4.78 is 5.20. The molecule has 2 aromatic rings. The summed E-state index contributed by atoms with van der Waals surface area (Å²) in [6.45, 7) is 2.55. The van der Waals surface area contributed by atoms with E-state index in [0.29, 0.717) is 12.3 Å². The van der Waals surface area contributed by atoms with Crippen molar-refractivity contribution in [2.24, 2.45) is 0 Å². The van der Waals surface area contributed by atoms with Gasteiger partial charge < -0.3 is 19.7 Å². The maximum absolute atomic E-state index is 10.0. The van der Waals surface area contributed by atoms with E-state index in [1.165, 1.54) is 11.3 Å². The number of hydrogen-bond donors (Lipinski definition) is 2. The second-order valence-electron chi connectivity index (χ2n) is 5.11. The van der Waals surface area contributed by atoms with Gasteiger partial charge in [0.1, 0.15) is 11.9 Å². The Morgan fingerprint density at radius 2 is 1.95 bits per heavy atom. The Labute approximate surface area is 120 Å². The number of para-hydroxylation sites is 1. The SMILES string of the molecule is C[C@H](NC[C@H](O)c1ccco1)c1ccccc1N(C)C. The quantitative estimate of drug-likeness (QED) is 0.850. The molecule has 2 rings (SSSR count). The van der Waals surface area contributed by atoms with Crippen LogP contribution in [0, 0.1) is 0 Å². The van der Waals surface area contributed by atoms with E-state index >= 15 is 0 Å². The lowest BCUT2D eigenvalue weighted by molar-refractivity contribution is 0.144. The van der Waals surface area contributed by atoms with E-state index in [0.717, 1.165) is 0 Å². The van der Waals surface area contributed by atoms with Crippen LogP contribution in [0.25, 0.3) is 0 Å². The molecular weight excluding hydrogens is 252 g/mol. The van der Waals surface area contributed by atoms with Gasteiger partial charge >= 0.3 is 0 Å². The van der Waals surface area contributed by atoms with E-state index in [1.807, 2.05) is 26.2 Å². The Hall–Kier alpha value is -1.78. The molecule has 0 aliphatic heterocycles. The summed E-state index contributed by atoms with van der Waals surface area (Å²) in [4.78, 5) is 2.09. The highest BCUT2D eigenvalue weighted by Crippen LogP contribution is 2.25. The van der Waals surface area contributed by atoms with Gasteiger partial charge in [0, 0.05) is 32.4 Å². The van der Waals surface area contributed by atoms with E-state index in [4.69, 9.17) is 4.42 Å². The van der Waals surface area contributed by atoms with Crippen LogP contribution >= 0.6 is 0 Å². The number of benzene rings is 1. The molecule has 1 aromatic carbocycles. The zero-order valence-electron chi connectivity index (χ0n) is 12.2. The molecule has 0 aliphatic rings. The van der Waals surface area contributed by atoms with Gasteiger partial charge in [0.2, 0.25) is 0 Å². The molecule has 1 aromatic heterocycles. The van der Waals surface area contributed by atoms with Crippen molar-refractivity contribution in [3.63, 3.8) is 0 Å². The number of nitrogens with one attached hydrogen (secondary N) is 1. The van der Waals surface area contributed by atoms with Gasteiger partial charge in [-0.15, -0.1) is 0 Å². The standard InChI is InChI=1S/C16H22N2O2/c1-12(13-7-4-5-8-14(13)18(2)3)17-11-15(19)16-9-6-10-20-16/h4-10,12,15,17,19H,11H2,1-3H3/t12-,15-/m0/s1. The average molecular weight is 274 g/mol. The zero-order chi connectivity index (χ0) is 14.5. The Kier molecular flexibility index (Phi) is 4.82. The van der Waals surface area contributed by atoms with Gasteiger partial charge in [-0.3, -0.25) is 0 Å². The normalized spacial score (nSPS) is 14.0. The van der Waals surface area contributed by atoms with Gasteiger partial charge in [-0.1, -0.05) is 18.2 Å². The maximum atomic E-state index is 10.0. The van der Waals surface area contributed by atoms with Crippen LogP contribution in [0.4, 0.5) is 5.69 Å². The topological polar surface area (TPSA) is 48.6 Å². The van der Waals surface area contributed by atoms with E-state index < -0.39 is 6.10 Å². The molecule has 20 heavy (non-hydrogen) atoms. The molecule has 4 heteroatoms. The number of furan rings is 1. The molecule has 0 saturated heterocycles. The molecule has 2 atom stereocenters. The predicted molar refractivity (Wildman–Crippen MR) is 80.9 cm³/mol. The van der Waals surface area contributed by atoms with Gasteiger partial charge in [-0.2, -0.15) is 0 Å². The number of hydrogen-bond acceptors (Lipinski definition) is 4. The lowest BCUT2D eigenvalue weighted by Crippen LogP contribution is -2.26. The van der Waals surface area contributed by atoms with Gasteiger partial charge in [0.15, 0.2) is 0 Å². The monoisotopic (exact) mass is 274 g/mol. The maximum Gasteiger partial charge on any atom is 0.133 e. The Balaban J connectivity index is 2.00. The number of aliphatic hydroxyl groups excluding tert-OH is 1. The molecule has 0 amide bonds. The van der Waals surface area contributed by atoms with Gasteiger partial charge in [0.05, 0.1) is 6.26 Å². The molecule has 108 valence electrons. The molecule has 0 aliphatic carbocycles. The lowest BCUT2D eigenvalue weighted by Gasteiger charge is -2.23. The van der Waals surface area contributed by atoms with E-state index in [-0.39, 0.29) is 6.04 Å². The first kappa shape index (κ1) is 14.6. The highest BCUT2D eigenvalue weighted by atomic mass is 16.4. The fraction of sp³-hybridized carbons (Fsp3) is 0.375. The Bertz CT molecular complexity index is 523. The van der Waals surface area contributed by atoms with Crippen LogP contribution < -0.4 is 10.2 Å². The van der Waals surface area contributed by atoms with Crippen molar-refractivity contribution >= 4 is 5.69 Å². The summed E-state index contributed by atoms with van der Waals surface area (Å²) in [5.41, 5.74) is 2.39. The van der Waals surface area contributed by atoms with E-state index in [9.17, 15) is 5.11 Å². The summed E-state index contributed by atoms with van der Waals surface area (Å²) in [7, 11) is 4.06. The van der Waals surface area contributed by atoms with E-state index in [2.05, 4.69) is 29.3 Å². The van der Waals surface area contributed by atoms with E-state index in [1.54, 1.807) is 18.4 Å². The molecule has 0 radical (unpaired) electrons. The van der Waals surface area contributed by atoms with Crippen LogP contribution in [0.15, 0.2) is 47.1 Å². The van der Waals surface area contributed by atoms with Crippen molar-refractivity contribution in [3.8, 4) is 0 Å². The fourth-order valence-corrected chi connectivity index (χ4v) is 2.24. The lowest BCUT2D eigenvalue weighted by atomic mass is 10.1. The van der Waals surface area contributed by atoms with Crippen LogP contribution in [-0.4, -0.2) is 25.7 Å². The molecule has 0 unspecified atom stereocenters. The molecule has 0 fully saturated rings. The zero-order valence-corrected chi connectivity index (χ0v) is 12.2. The first-order valence-corrected chi connectivity index (χ1v) is 6.80. The minimum atomic E-state index is -0.626. The molecule has 0 bridgehead atoms. The average Bonchev–Trinajstić information content (AvgIpc) is 2.98. The van der Waals surface area contributed by atoms with Crippen LogP contribution in [0.1, 0.15) is 30.4 Å². The Morgan fingerprint density at radius 1 is 1.20 bits per heavy atom. The smallest absolute Gasteiger partial charge is 0.133 e. The first-order chi connectivity index (χ1) is 9.59. The summed E-state index contributed by atoms with van der Waals surface area (Å²) in [5.74, 6) is 0.589. The highest BCUT2D eigenvalue weighted by molar-refractivity contribution is 5.53. The van der Waals surface area contributed by atoms with Crippen molar-refractivity contribution in [3.05, 3.63) is 54.0 Å². The second-order valence-corrected chi connectivity index (χ2v) is 5.11. The highest BCUT2D eigenvalue weighted by Gasteiger charge is 2.15. The number of anilines is 1. The summed E-state index contributed by atoms with van der Waals surface area (Å²) in [5, 5.41) is 13.4. The van der Waals surface area contributed by atoms with Crippen molar-refractivity contribution in [2.75, 3.05) is 25.5 Å². The molecule has 4 nitrogen and oxygen atoms in total. The van der Waals surface area contributed by atoms with Crippen LogP contribution in [0.5, 0.6) is 0 Å². The molecule has 1 heterocycles. The number of rotatable bonds is 6. The van der Waals surface area contributed by atoms with Crippen LogP contribution in [0.2, 0.25) is 0 Å². The van der Waals surface area contributed by atoms with Gasteiger partial charge in [-0.25, -0.2) is 0 Å². The van der Waals surface area contributed by atoms with Gasteiger partial charge in [-0.05, 0) is 30.7 Å². The largest absolute Gasteiger partial charge is 0.467 e. The second kappa shape index (κ2) is 6.59. The number of nitrogens with zero attached hydrogens (tertiary/aromatic N) is 1. The molecule has 0 spiro atoms. The van der Waals surface area contributed by atoms with Crippen LogP contribution in [-0.2, 0) is 0 Å². The fourth-order valence-electron chi connectivity index (χ4n) is 2.24. The van der Waals surface area contributed by atoms with Crippen molar-refractivity contribution in [2.45, 2.75) is 19.1 Å². The summed E-state index contributed by atoms with van der Waals surface area (Å²) in [6.07, 6.45) is 0.947. The molecule has 0 saturated carbocycles. The third-order valence-electron chi connectivity index (χ3n) is 3.37. The number of aliphatic hydroxyl groups is 1. The third-order valence-corrected chi connectivity index (χ3v) is 3.37. The third kappa shape index (κ3) is 3.40.